The monoisotopic (exact) mass is 437 g/mol. The highest BCUT2D eigenvalue weighted by Crippen LogP contribution is 2.66. The van der Waals surface area contributed by atoms with E-state index in [2.05, 4.69) is 31.9 Å². The molecule has 174 valence electrons. The van der Waals surface area contributed by atoms with E-state index in [0.29, 0.717) is 29.2 Å². The third-order valence-electron chi connectivity index (χ3n) is 10.3. The van der Waals surface area contributed by atoms with Crippen LogP contribution in [0.3, 0.4) is 0 Å². The van der Waals surface area contributed by atoms with Gasteiger partial charge in [-0.3, -0.25) is 9.48 Å². The zero-order valence-electron chi connectivity index (χ0n) is 20.0. The molecule has 0 unspecified atom stereocenters. The van der Waals surface area contributed by atoms with Crippen LogP contribution >= 0.6 is 0 Å². The average Bonchev–Trinajstić information content (AvgIpc) is 3.37. The fourth-order valence-electron chi connectivity index (χ4n) is 9.32. The van der Waals surface area contributed by atoms with Crippen LogP contribution in [0.25, 0.3) is 0 Å². The first-order chi connectivity index (χ1) is 15.2. The molecular formula is C27H39N3O2. The molecule has 0 amide bonds. The lowest BCUT2D eigenvalue weighted by Crippen LogP contribution is -2.57. The van der Waals surface area contributed by atoms with Crippen molar-refractivity contribution in [2.24, 2.45) is 46.8 Å². The van der Waals surface area contributed by atoms with Crippen molar-refractivity contribution >= 4 is 5.78 Å². The number of rotatable bonds is 3. The van der Waals surface area contributed by atoms with Gasteiger partial charge in [0.05, 0.1) is 23.9 Å². The summed E-state index contributed by atoms with van der Waals surface area (Å²) in [5.41, 5.74) is -0.0910. The normalized spacial score (nSPS) is 45.8. The van der Waals surface area contributed by atoms with E-state index in [9.17, 15) is 9.90 Å². The Morgan fingerprint density at radius 1 is 1.25 bits per heavy atom. The maximum absolute atomic E-state index is 13.9. The Balaban J connectivity index is 1.56. The molecule has 5 rings (SSSR count). The van der Waals surface area contributed by atoms with Gasteiger partial charge in [0, 0.05) is 12.1 Å². The van der Waals surface area contributed by atoms with Crippen molar-refractivity contribution in [2.45, 2.75) is 90.7 Å². The Labute approximate surface area is 192 Å². The van der Waals surface area contributed by atoms with Gasteiger partial charge in [-0.1, -0.05) is 39.5 Å². The summed E-state index contributed by atoms with van der Waals surface area (Å²) in [6.07, 6.45) is 13.7. The van der Waals surface area contributed by atoms with Crippen LogP contribution in [0.2, 0.25) is 0 Å². The van der Waals surface area contributed by atoms with E-state index in [4.69, 9.17) is 5.26 Å². The molecule has 4 aliphatic carbocycles. The van der Waals surface area contributed by atoms with Gasteiger partial charge in [-0.15, -0.1) is 0 Å². The summed E-state index contributed by atoms with van der Waals surface area (Å²) in [7, 11) is 0. The zero-order chi connectivity index (χ0) is 22.7. The van der Waals surface area contributed by atoms with Gasteiger partial charge in [0.25, 0.3) is 0 Å². The summed E-state index contributed by atoms with van der Waals surface area (Å²) in [6, 6.07) is 2.12. The Hall–Kier alpha value is -1.67. The summed E-state index contributed by atoms with van der Waals surface area (Å²) in [5, 5.41) is 25.4. The molecule has 9 atom stereocenters. The first kappa shape index (κ1) is 22.1. The average molecular weight is 438 g/mol. The predicted octanol–water partition coefficient (Wildman–Crippen LogP) is 4.98. The fraction of sp³-hybridized carbons (Fsp3) is 0.815. The minimum atomic E-state index is -0.712. The molecule has 0 saturated heterocycles. The van der Waals surface area contributed by atoms with Crippen LogP contribution in [0.5, 0.6) is 0 Å². The van der Waals surface area contributed by atoms with Crippen LogP contribution in [0.15, 0.2) is 12.4 Å². The van der Waals surface area contributed by atoms with Crippen molar-refractivity contribution in [1.29, 1.82) is 5.26 Å². The molecular weight excluding hydrogens is 398 g/mol. The Kier molecular flexibility index (Phi) is 5.52. The van der Waals surface area contributed by atoms with Crippen molar-refractivity contribution in [2.75, 3.05) is 0 Å². The lowest BCUT2D eigenvalue weighted by Gasteiger charge is -2.57. The first-order valence-electron chi connectivity index (χ1n) is 12.9. The third-order valence-corrected chi connectivity index (χ3v) is 10.3. The number of hydrogen-bond acceptors (Lipinski definition) is 4. The highest BCUT2D eigenvalue weighted by Gasteiger charge is 2.63. The molecule has 4 saturated carbocycles. The number of fused-ring (bicyclic) bond motifs is 5. The highest BCUT2D eigenvalue weighted by atomic mass is 16.3. The standard InChI is InChI=1S/C27H39N3O2/c1-17-12-27(3,32)25-20-8-5-4-7-19(20)11-21(24(25)26(2)10-6-9-22(17)26)23(31)16-30-15-18(13-28)14-29-30/h14-15,17,19-22,24-25,32H,4-12,16H2,1-3H3/t17-,19-,20-,21+,22-,24+,25-,26-,27+/m0/s1. The van der Waals surface area contributed by atoms with Crippen LogP contribution < -0.4 is 0 Å². The minimum absolute atomic E-state index is 0.0172. The molecule has 1 aromatic rings. The topological polar surface area (TPSA) is 78.9 Å². The second-order valence-electron chi connectivity index (χ2n) is 12.1. The summed E-state index contributed by atoms with van der Waals surface area (Å²) in [6.45, 7) is 7.15. The molecule has 5 nitrogen and oxygen atoms in total. The molecule has 4 fully saturated rings. The smallest absolute Gasteiger partial charge is 0.157 e. The number of aliphatic hydroxyl groups is 1. The largest absolute Gasteiger partial charge is 0.390 e. The van der Waals surface area contributed by atoms with Gasteiger partial charge in [0.1, 0.15) is 6.07 Å². The highest BCUT2D eigenvalue weighted by molar-refractivity contribution is 5.81. The molecule has 0 radical (unpaired) electrons. The number of carbonyl (C=O) groups is 1. The van der Waals surface area contributed by atoms with Crippen molar-refractivity contribution in [3.05, 3.63) is 18.0 Å². The molecule has 1 heterocycles. The maximum Gasteiger partial charge on any atom is 0.157 e. The number of nitriles is 1. The molecule has 4 aliphatic rings. The van der Waals surface area contributed by atoms with Crippen LogP contribution in [0.4, 0.5) is 0 Å². The number of carbonyl (C=O) groups excluding carboxylic acids is 1. The van der Waals surface area contributed by atoms with Crippen LogP contribution in [-0.2, 0) is 11.3 Å². The van der Waals surface area contributed by atoms with E-state index < -0.39 is 5.60 Å². The first-order valence-corrected chi connectivity index (χ1v) is 12.9. The number of hydrogen-bond donors (Lipinski definition) is 1. The van der Waals surface area contributed by atoms with E-state index in [1.54, 1.807) is 17.1 Å². The van der Waals surface area contributed by atoms with Crippen LogP contribution in [-0.4, -0.2) is 26.3 Å². The molecule has 0 spiro atoms. The van der Waals surface area contributed by atoms with E-state index in [1.807, 2.05) is 0 Å². The Morgan fingerprint density at radius 2 is 2.03 bits per heavy atom. The third kappa shape index (κ3) is 3.45. The zero-order valence-corrected chi connectivity index (χ0v) is 20.0. The van der Waals surface area contributed by atoms with Crippen molar-refractivity contribution in [3.63, 3.8) is 0 Å². The molecule has 0 bridgehead atoms. The van der Waals surface area contributed by atoms with Crippen LogP contribution in [0.1, 0.15) is 84.1 Å². The summed E-state index contributed by atoms with van der Waals surface area (Å²) in [5.74, 6) is 2.87. The van der Waals surface area contributed by atoms with Gasteiger partial charge in [0.15, 0.2) is 5.78 Å². The fourth-order valence-corrected chi connectivity index (χ4v) is 9.32. The van der Waals surface area contributed by atoms with Gasteiger partial charge in [-0.25, -0.2) is 0 Å². The van der Waals surface area contributed by atoms with E-state index >= 15 is 0 Å². The number of Topliss-reactive ketones (excluding diaryl/α,β-unsaturated/α-hetero) is 1. The molecule has 5 heteroatoms. The second kappa shape index (κ2) is 7.97. The van der Waals surface area contributed by atoms with E-state index in [1.165, 1.54) is 44.9 Å². The van der Waals surface area contributed by atoms with E-state index in [0.717, 1.165) is 12.8 Å². The summed E-state index contributed by atoms with van der Waals surface area (Å²) >= 11 is 0. The van der Waals surface area contributed by atoms with Gasteiger partial charge < -0.3 is 5.11 Å². The molecule has 1 N–H and O–H groups in total. The van der Waals surface area contributed by atoms with Gasteiger partial charge in [0.2, 0.25) is 0 Å². The maximum atomic E-state index is 13.9. The summed E-state index contributed by atoms with van der Waals surface area (Å²) < 4.78 is 1.65. The second-order valence-corrected chi connectivity index (χ2v) is 12.1. The number of ketones is 1. The molecule has 32 heavy (non-hydrogen) atoms. The predicted molar refractivity (Wildman–Crippen MR) is 122 cm³/mol. The minimum Gasteiger partial charge on any atom is -0.390 e. The van der Waals surface area contributed by atoms with Crippen molar-refractivity contribution < 1.29 is 9.90 Å². The number of nitrogens with zero attached hydrogens (tertiary/aromatic N) is 3. The SMILES string of the molecule is C[C@H]1C[C@@](C)(O)[C@H]2[C@H]3CCCC[C@H]3C[C@H](C(=O)Cn3cc(C#N)cn3)[C@H]2[C@@]2(C)CCC[C@@H]12. The number of aromatic nitrogens is 2. The molecule has 0 aromatic carbocycles. The molecule has 0 aliphatic heterocycles. The van der Waals surface area contributed by atoms with Gasteiger partial charge in [-0.2, -0.15) is 10.4 Å². The van der Waals surface area contributed by atoms with Crippen molar-refractivity contribution in [1.82, 2.24) is 9.78 Å². The van der Waals surface area contributed by atoms with Gasteiger partial charge in [-0.05, 0) is 80.0 Å². The quantitative estimate of drug-likeness (QED) is 0.723. The van der Waals surface area contributed by atoms with Crippen LogP contribution in [0, 0.1) is 58.2 Å². The molecule has 1 aromatic heterocycles. The summed E-state index contributed by atoms with van der Waals surface area (Å²) in [4.78, 5) is 13.9. The Bertz CT molecular complexity index is 914. The van der Waals surface area contributed by atoms with Crippen molar-refractivity contribution in [3.8, 4) is 6.07 Å². The lowest BCUT2D eigenvalue weighted by atomic mass is 9.48. The Morgan fingerprint density at radius 3 is 2.78 bits per heavy atom. The van der Waals surface area contributed by atoms with Gasteiger partial charge >= 0.3 is 0 Å². The lowest BCUT2D eigenvalue weighted by molar-refractivity contribution is -0.157. The van der Waals surface area contributed by atoms with E-state index in [-0.39, 0.29) is 35.5 Å².